The molecule has 19 heavy (non-hydrogen) atoms. The first-order chi connectivity index (χ1) is 8.70. The predicted octanol–water partition coefficient (Wildman–Crippen LogP) is 1.87. The summed E-state index contributed by atoms with van der Waals surface area (Å²) in [6, 6.07) is 0. The van der Waals surface area contributed by atoms with E-state index in [-0.39, 0.29) is 24.0 Å². The molecule has 1 aromatic heterocycles. The highest BCUT2D eigenvalue weighted by atomic mass is 32.1. The molecule has 1 aromatic rings. The second-order valence-corrected chi connectivity index (χ2v) is 5.83. The smallest absolute Gasteiger partial charge is 0.358 e. The lowest BCUT2D eigenvalue weighted by molar-refractivity contribution is -0.129. The van der Waals surface area contributed by atoms with Gasteiger partial charge in [0, 0.05) is 17.7 Å². The molecule has 6 nitrogen and oxygen atoms in total. The highest BCUT2D eigenvalue weighted by molar-refractivity contribution is 7.14. The molecular formula is C12H16N2O4S. The van der Waals surface area contributed by atoms with E-state index in [4.69, 9.17) is 4.74 Å². The van der Waals surface area contributed by atoms with Crippen molar-refractivity contribution in [3.8, 4) is 0 Å². The summed E-state index contributed by atoms with van der Waals surface area (Å²) in [4.78, 5) is 37.9. The van der Waals surface area contributed by atoms with Crippen LogP contribution in [0.3, 0.4) is 0 Å². The van der Waals surface area contributed by atoms with Crippen LogP contribution in [0.2, 0.25) is 0 Å². The van der Waals surface area contributed by atoms with Crippen LogP contribution in [-0.4, -0.2) is 29.3 Å². The zero-order valence-corrected chi connectivity index (χ0v) is 12.1. The highest BCUT2D eigenvalue weighted by Gasteiger charge is 2.23. The average molecular weight is 284 g/mol. The van der Waals surface area contributed by atoms with Gasteiger partial charge in [-0.3, -0.25) is 9.59 Å². The summed E-state index contributed by atoms with van der Waals surface area (Å²) in [5.74, 6) is -1.11. The van der Waals surface area contributed by atoms with Gasteiger partial charge in [0.15, 0.2) is 23.2 Å². The van der Waals surface area contributed by atoms with Crippen molar-refractivity contribution in [2.24, 2.45) is 5.41 Å². The minimum absolute atomic E-state index is 0.0791. The van der Waals surface area contributed by atoms with Crippen molar-refractivity contribution in [3.63, 3.8) is 0 Å². The van der Waals surface area contributed by atoms with Crippen LogP contribution in [0.5, 0.6) is 0 Å². The number of anilines is 1. The molecule has 104 valence electrons. The monoisotopic (exact) mass is 284 g/mol. The molecule has 0 saturated heterocycles. The normalized spacial score (nSPS) is 10.9. The number of ether oxygens (including phenoxy) is 1. The molecular weight excluding hydrogens is 268 g/mol. The lowest BCUT2D eigenvalue weighted by Gasteiger charge is -2.15. The highest BCUT2D eigenvalue weighted by Crippen LogP contribution is 2.17. The Morgan fingerprint density at radius 2 is 2.00 bits per heavy atom. The largest absolute Gasteiger partial charge is 0.453 e. The van der Waals surface area contributed by atoms with E-state index >= 15 is 0 Å². The number of hydrogen-bond acceptors (Lipinski definition) is 6. The minimum atomic E-state index is -0.676. The van der Waals surface area contributed by atoms with Gasteiger partial charge in [0.05, 0.1) is 0 Å². The molecule has 1 N–H and O–H groups in total. The summed E-state index contributed by atoms with van der Waals surface area (Å²) in [6.07, 6.45) is 0. The van der Waals surface area contributed by atoms with Crippen LogP contribution in [0.4, 0.5) is 5.13 Å². The van der Waals surface area contributed by atoms with Crippen molar-refractivity contribution >= 4 is 34.1 Å². The number of esters is 1. The predicted molar refractivity (Wildman–Crippen MR) is 71.2 cm³/mol. The lowest BCUT2D eigenvalue weighted by atomic mass is 9.91. The van der Waals surface area contributed by atoms with E-state index in [1.807, 2.05) is 0 Å². The Balaban J connectivity index is 2.57. The van der Waals surface area contributed by atoms with Gasteiger partial charge in [0.25, 0.3) is 0 Å². The summed E-state index contributed by atoms with van der Waals surface area (Å²) in [6.45, 7) is 6.32. The molecule has 0 aromatic carbocycles. The standard InChI is InChI=1S/C12H16N2O4S/c1-7(15)13-11-14-8(6-19-11)10(17)18-5-9(16)12(2,3)4/h6H,5H2,1-4H3,(H,13,14,15). The van der Waals surface area contributed by atoms with E-state index in [0.29, 0.717) is 5.13 Å². The van der Waals surface area contributed by atoms with Gasteiger partial charge in [-0.2, -0.15) is 0 Å². The topological polar surface area (TPSA) is 85.4 Å². The Labute approximate surface area is 115 Å². The van der Waals surface area contributed by atoms with Crippen LogP contribution in [0.1, 0.15) is 38.2 Å². The Morgan fingerprint density at radius 3 is 2.53 bits per heavy atom. The van der Waals surface area contributed by atoms with Crippen molar-refractivity contribution < 1.29 is 19.1 Å². The summed E-state index contributed by atoms with van der Waals surface area (Å²) in [7, 11) is 0. The first-order valence-corrected chi connectivity index (χ1v) is 6.51. The number of Topliss-reactive ketones (excluding diaryl/α,β-unsaturated/α-hetero) is 1. The number of rotatable bonds is 4. The van der Waals surface area contributed by atoms with Gasteiger partial charge in [0.2, 0.25) is 5.91 Å². The number of hydrogen-bond donors (Lipinski definition) is 1. The quantitative estimate of drug-likeness (QED) is 0.853. The Kier molecular flexibility index (Phi) is 4.77. The average Bonchev–Trinajstić information content (AvgIpc) is 2.71. The molecule has 0 bridgehead atoms. The summed E-state index contributed by atoms with van der Waals surface area (Å²) in [5, 5.41) is 4.25. The Hall–Kier alpha value is -1.76. The third-order valence-electron chi connectivity index (χ3n) is 2.17. The second-order valence-electron chi connectivity index (χ2n) is 4.97. The van der Waals surface area contributed by atoms with E-state index < -0.39 is 11.4 Å². The van der Waals surface area contributed by atoms with Crippen LogP contribution in [-0.2, 0) is 14.3 Å². The molecule has 0 aliphatic rings. The van der Waals surface area contributed by atoms with Crippen LogP contribution in [0, 0.1) is 5.41 Å². The lowest BCUT2D eigenvalue weighted by Crippen LogP contribution is -2.26. The summed E-state index contributed by atoms with van der Waals surface area (Å²) in [5.41, 5.74) is -0.473. The van der Waals surface area contributed by atoms with Gasteiger partial charge in [-0.1, -0.05) is 20.8 Å². The van der Waals surface area contributed by atoms with E-state index in [1.54, 1.807) is 20.8 Å². The zero-order valence-electron chi connectivity index (χ0n) is 11.3. The maximum Gasteiger partial charge on any atom is 0.358 e. The first kappa shape index (κ1) is 15.3. The number of amides is 1. The maximum atomic E-state index is 11.6. The number of ketones is 1. The third-order valence-corrected chi connectivity index (χ3v) is 2.92. The summed E-state index contributed by atoms with van der Waals surface area (Å²) < 4.78 is 4.88. The van der Waals surface area contributed by atoms with Gasteiger partial charge in [-0.05, 0) is 0 Å². The van der Waals surface area contributed by atoms with Crippen molar-refractivity contribution in [1.82, 2.24) is 4.98 Å². The number of nitrogens with zero attached hydrogens (tertiary/aromatic N) is 1. The molecule has 0 fully saturated rings. The minimum Gasteiger partial charge on any atom is -0.453 e. The van der Waals surface area contributed by atoms with Crippen LogP contribution >= 0.6 is 11.3 Å². The molecule has 7 heteroatoms. The molecule has 0 radical (unpaired) electrons. The van der Waals surface area contributed by atoms with Gasteiger partial charge >= 0.3 is 5.97 Å². The van der Waals surface area contributed by atoms with E-state index in [2.05, 4.69) is 10.3 Å². The van der Waals surface area contributed by atoms with E-state index in [1.165, 1.54) is 12.3 Å². The third kappa shape index (κ3) is 4.78. The molecule has 0 spiro atoms. The molecule has 1 heterocycles. The van der Waals surface area contributed by atoms with Crippen LogP contribution in [0.15, 0.2) is 5.38 Å². The van der Waals surface area contributed by atoms with E-state index in [9.17, 15) is 14.4 Å². The Morgan fingerprint density at radius 1 is 1.37 bits per heavy atom. The fourth-order valence-corrected chi connectivity index (χ4v) is 1.72. The van der Waals surface area contributed by atoms with Crippen molar-refractivity contribution in [2.45, 2.75) is 27.7 Å². The van der Waals surface area contributed by atoms with Gasteiger partial charge in [-0.25, -0.2) is 9.78 Å². The molecule has 0 unspecified atom stereocenters. The van der Waals surface area contributed by atoms with Crippen molar-refractivity contribution in [2.75, 3.05) is 11.9 Å². The number of carbonyl (C=O) groups excluding carboxylic acids is 3. The SMILES string of the molecule is CC(=O)Nc1nc(C(=O)OCC(=O)C(C)(C)C)cs1. The number of carbonyl (C=O) groups is 3. The number of aromatic nitrogens is 1. The van der Waals surface area contributed by atoms with Crippen LogP contribution < -0.4 is 5.32 Å². The second kappa shape index (κ2) is 5.92. The molecule has 0 aliphatic heterocycles. The van der Waals surface area contributed by atoms with Gasteiger partial charge in [0.1, 0.15) is 0 Å². The number of nitrogens with one attached hydrogen (secondary N) is 1. The molecule has 0 atom stereocenters. The molecule has 1 rings (SSSR count). The van der Waals surface area contributed by atoms with Crippen LogP contribution in [0.25, 0.3) is 0 Å². The Bertz CT molecular complexity index is 502. The van der Waals surface area contributed by atoms with E-state index in [0.717, 1.165) is 11.3 Å². The zero-order chi connectivity index (χ0) is 14.6. The maximum absolute atomic E-state index is 11.6. The summed E-state index contributed by atoms with van der Waals surface area (Å²) >= 11 is 1.12. The fourth-order valence-electron chi connectivity index (χ4n) is 0.997. The molecule has 0 aliphatic carbocycles. The van der Waals surface area contributed by atoms with Gasteiger partial charge < -0.3 is 10.1 Å². The number of thiazole rings is 1. The van der Waals surface area contributed by atoms with Gasteiger partial charge in [-0.15, -0.1) is 11.3 Å². The van der Waals surface area contributed by atoms with Crippen molar-refractivity contribution in [3.05, 3.63) is 11.1 Å². The molecule has 1 amide bonds. The van der Waals surface area contributed by atoms with Crippen molar-refractivity contribution in [1.29, 1.82) is 0 Å². The first-order valence-electron chi connectivity index (χ1n) is 5.63. The molecule has 0 saturated carbocycles. The fraction of sp³-hybridized carbons (Fsp3) is 0.500.